The Morgan fingerprint density at radius 1 is 0.396 bits per heavy atom. The Bertz CT molecular complexity index is 715. The molecule has 7 heteroatoms. The third-order valence-electron chi connectivity index (χ3n) is 9.24. The number of unbranched alkanes of at least 4 members (excludes halogenated alkanes) is 28. The van der Waals surface area contributed by atoms with Gasteiger partial charge in [0.1, 0.15) is 18.5 Å². The lowest BCUT2D eigenvalue weighted by molar-refractivity contribution is -0.166. The molecule has 48 heavy (non-hydrogen) atoms. The molecule has 6 nitrogen and oxygen atoms in total. The summed E-state index contributed by atoms with van der Waals surface area (Å²) in [5.74, 6) is -1.06. The first kappa shape index (κ1) is 46.9. The van der Waals surface area contributed by atoms with E-state index in [0.717, 1.165) is 38.5 Å². The van der Waals surface area contributed by atoms with Crippen LogP contribution >= 0.6 is 15.9 Å². The van der Waals surface area contributed by atoms with E-state index in [-0.39, 0.29) is 30.5 Å². The molecule has 0 rings (SSSR count). The van der Waals surface area contributed by atoms with Crippen molar-refractivity contribution in [3.63, 3.8) is 0 Å². The Kier molecular flexibility index (Phi) is 37.8. The molecular formula is C41H77BrO6. The van der Waals surface area contributed by atoms with Gasteiger partial charge in [-0.25, -0.2) is 0 Å². The Hall–Kier alpha value is -1.11. The summed E-state index contributed by atoms with van der Waals surface area (Å²) in [6.45, 7) is 4.34. The van der Waals surface area contributed by atoms with Crippen molar-refractivity contribution in [1.29, 1.82) is 0 Å². The smallest absolute Gasteiger partial charge is 0.316 e. The van der Waals surface area contributed by atoms with Crippen LogP contribution in [0.25, 0.3) is 0 Å². The number of halogens is 1. The highest BCUT2D eigenvalue weighted by Gasteiger charge is 2.19. The summed E-state index contributed by atoms with van der Waals surface area (Å²) in [6, 6.07) is 0. The van der Waals surface area contributed by atoms with E-state index in [9.17, 15) is 14.4 Å². The van der Waals surface area contributed by atoms with Crippen molar-refractivity contribution in [1.82, 2.24) is 0 Å². The molecule has 0 spiro atoms. The van der Waals surface area contributed by atoms with Crippen LogP contribution in [0, 0.1) is 0 Å². The van der Waals surface area contributed by atoms with E-state index in [0.29, 0.717) is 12.8 Å². The second-order valence-electron chi connectivity index (χ2n) is 14.0. The predicted molar refractivity (Wildman–Crippen MR) is 205 cm³/mol. The summed E-state index contributed by atoms with van der Waals surface area (Å²) in [7, 11) is 0. The van der Waals surface area contributed by atoms with Crippen LogP contribution < -0.4 is 0 Å². The van der Waals surface area contributed by atoms with Gasteiger partial charge >= 0.3 is 17.9 Å². The highest BCUT2D eigenvalue weighted by molar-refractivity contribution is 9.09. The van der Waals surface area contributed by atoms with Crippen molar-refractivity contribution in [3.05, 3.63) is 0 Å². The lowest BCUT2D eigenvalue weighted by Gasteiger charge is -2.18. The highest BCUT2D eigenvalue weighted by atomic mass is 79.9. The molecule has 0 amide bonds. The lowest BCUT2D eigenvalue weighted by atomic mass is 10.0. The zero-order valence-electron chi connectivity index (χ0n) is 31.7. The van der Waals surface area contributed by atoms with Crippen molar-refractivity contribution in [2.75, 3.05) is 18.5 Å². The van der Waals surface area contributed by atoms with Crippen molar-refractivity contribution >= 4 is 33.8 Å². The Morgan fingerprint density at radius 3 is 0.979 bits per heavy atom. The molecule has 0 saturated heterocycles. The van der Waals surface area contributed by atoms with Gasteiger partial charge in [0.15, 0.2) is 6.10 Å². The first-order chi connectivity index (χ1) is 23.5. The van der Waals surface area contributed by atoms with Gasteiger partial charge in [-0.15, -0.1) is 0 Å². The molecule has 0 aromatic rings. The highest BCUT2D eigenvalue weighted by Crippen LogP contribution is 2.16. The quantitative estimate of drug-likeness (QED) is 0.0271. The zero-order chi connectivity index (χ0) is 35.2. The van der Waals surface area contributed by atoms with E-state index < -0.39 is 12.1 Å². The molecule has 0 bridgehead atoms. The van der Waals surface area contributed by atoms with Crippen LogP contribution in [0.4, 0.5) is 0 Å². The molecule has 0 aromatic heterocycles. The van der Waals surface area contributed by atoms with Gasteiger partial charge in [0.25, 0.3) is 0 Å². The number of alkyl halides is 1. The number of hydrogen-bond donors (Lipinski definition) is 0. The van der Waals surface area contributed by atoms with Gasteiger partial charge in [-0.05, 0) is 12.8 Å². The Morgan fingerprint density at radius 2 is 0.667 bits per heavy atom. The van der Waals surface area contributed by atoms with Crippen LogP contribution in [0.3, 0.4) is 0 Å². The Balaban J connectivity index is 3.87. The first-order valence-electron chi connectivity index (χ1n) is 20.6. The van der Waals surface area contributed by atoms with Crippen LogP contribution in [0.1, 0.15) is 219 Å². The molecule has 0 aliphatic rings. The molecule has 1 atom stereocenters. The minimum absolute atomic E-state index is 0.0613. The van der Waals surface area contributed by atoms with Crippen molar-refractivity contribution in [2.45, 2.75) is 225 Å². The lowest BCUT2D eigenvalue weighted by Crippen LogP contribution is -2.31. The number of carbonyl (C=O) groups is 3. The van der Waals surface area contributed by atoms with E-state index in [4.69, 9.17) is 14.2 Å². The number of ether oxygens (including phenoxy) is 3. The molecule has 0 N–H and O–H groups in total. The fraction of sp³-hybridized carbons (Fsp3) is 0.927. The fourth-order valence-corrected chi connectivity index (χ4v) is 6.29. The van der Waals surface area contributed by atoms with Gasteiger partial charge in [0.05, 0.1) is 0 Å². The molecule has 284 valence electrons. The fourth-order valence-electron chi connectivity index (χ4n) is 6.12. The average molecular weight is 746 g/mol. The van der Waals surface area contributed by atoms with E-state index >= 15 is 0 Å². The van der Waals surface area contributed by atoms with Gasteiger partial charge < -0.3 is 14.2 Å². The molecule has 0 aromatic carbocycles. The molecule has 0 radical (unpaired) electrons. The van der Waals surface area contributed by atoms with E-state index in [1.807, 2.05) is 0 Å². The minimum atomic E-state index is -0.776. The van der Waals surface area contributed by atoms with E-state index in [1.54, 1.807) is 0 Å². The first-order valence-corrected chi connectivity index (χ1v) is 21.7. The number of hydrogen-bond acceptors (Lipinski definition) is 6. The molecule has 0 saturated carbocycles. The molecule has 0 unspecified atom stereocenters. The van der Waals surface area contributed by atoms with Gasteiger partial charge in [-0.1, -0.05) is 210 Å². The second kappa shape index (κ2) is 38.7. The van der Waals surface area contributed by atoms with Crippen molar-refractivity contribution in [3.8, 4) is 0 Å². The summed E-state index contributed by atoms with van der Waals surface area (Å²) >= 11 is 3.07. The SMILES string of the molecule is CCCCCCCCCCCCCCCCCC(=O)OC[C@@H](COC(=O)CBr)OC(=O)CCCCCCCCCCCCCCCCC. The maximum atomic E-state index is 12.5. The third kappa shape index (κ3) is 36.2. The molecule has 0 heterocycles. The summed E-state index contributed by atoms with van der Waals surface area (Å²) in [5.41, 5.74) is 0. The summed E-state index contributed by atoms with van der Waals surface area (Å²) in [5, 5.41) is 0.0613. The number of rotatable bonds is 38. The number of carbonyl (C=O) groups excluding carboxylic acids is 3. The summed E-state index contributed by atoms with van der Waals surface area (Å²) in [4.78, 5) is 36.4. The third-order valence-corrected chi connectivity index (χ3v) is 9.69. The van der Waals surface area contributed by atoms with Crippen LogP contribution in [0.5, 0.6) is 0 Å². The van der Waals surface area contributed by atoms with Gasteiger partial charge in [0.2, 0.25) is 0 Å². The Labute approximate surface area is 305 Å². The molecule has 0 fully saturated rings. The van der Waals surface area contributed by atoms with Gasteiger partial charge in [-0.3, -0.25) is 14.4 Å². The normalized spacial score (nSPS) is 11.8. The van der Waals surface area contributed by atoms with E-state index in [2.05, 4.69) is 29.8 Å². The monoisotopic (exact) mass is 744 g/mol. The van der Waals surface area contributed by atoms with Gasteiger partial charge in [-0.2, -0.15) is 0 Å². The summed E-state index contributed by atoms with van der Waals surface area (Å²) in [6.07, 6.45) is 38.2. The van der Waals surface area contributed by atoms with Crippen molar-refractivity contribution in [2.24, 2.45) is 0 Å². The summed E-state index contributed by atoms with van der Waals surface area (Å²) < 4.78 is 16.1. The van der Waals surface area contributed by atoms with E-state index in [1.165, 1.54) is 154 Å². The minimum Gasteiger partial charge on any atom is -0.462 e. The van der Waals surface area contributed by atoms with Crippen LogP contribution in [-0.4, -0.2) is 42.6 Å². The predicted octanol–water partition coefficient (Wildman–Crippen LogP) is 12.9. The van der Waals surface area contributed by atoms with Crippen LogP contribution in [-0.2, 0) is 28.6 Å². The number of esters is 3. The standard InChI is InChI=1S/C41H77BrO6/c1-3-5-7-9-11-13-15-17-19-21-23-25-27-29-31-33-39(43)46-36-38(37-47-41(45)35-42)48-40(44)34-32-30-28-26-24-22-20-18-16-14-12-10-8-6-4-2/h38H,3-37H2,1-2H3/t38-/m0/s1. The molecule has 0 aliphatic carbocycles. The largest absolute Gasteiger partial charge is 0.462 e. The van der Waals surface area contributed by atoms with Gasteiger partial charge in [0, 0.05) is 12.8 Å². The molecular weight excluding hydrogens is 668 g/mol. The topological polar surface area (TPSA) is 78.9 Å². The van der Waals surface area contributed by atoms with Crippen LogP contribution in [0.15, 0.2) is 0 Å². The maximum absolute atomic E-state index is 12.5. The average Bonchev–Trinajstić information content (AvgIpc) is 3.09. The molecule has 0 aliphatic heterocycles. The maximum Gasteiger partial charge on any atom is 0.316 e. The van der Waals surface area contributed by atoms with Crippen LogP contribution in [0.2, 0.25) is 0 Å². The zero-order valence-corrected chi connectivity index (χ0v) is 33.2. The second-order valence-corrected chi connectivity index (χ2v) is 14.6. The van der Waals surface area contributed by atoms with Crippen molar-refractivity contribution < 1.29 is 28.6 Å².